The standard InChI is InChI=1S/C13H22N2O2/c16-13(14-7-3-4-8-14)15-9-10-17-12-6-2-1-5-11(12)15/h11-12H,1-10H2. The number of carbonyl (C=O) groups is 1. The maximum atomic E-state index is 12.5. The average molecular weight is 238 g/mol. The molecule has 2 aliphatic heterocycles. The predicted molar refractivity (Wildman–Crippen MR) is 64.9 cm³/mol. The van der Waals surface area contributed by atoms with Crippen LogP contribution in [0.4, 0.5) is 4.79 Å². The van der Waals surface area contributed by atoms with Crippen molar-refractivity contribution in [3.63, 3.8) is 0 Å². The maximum Gasteiger partial charge on any atom is 0.320 e. The Balaban J connectivity index is 1.69. The summed E-state index contributed by atoms with van der Waals surface area (Å²) in [5.41, 5.74) is 0. The van der Waals surface area contributed by atoms with Crippen LogP contribution in [-0.2, 0) is 4.74 Å². The van der Waals surface area contributed by atoms with Crippen LogP contribution in [0.1, 0.15) is 38.5 Å². The minimum atomic E-state index is 0.266. The van der Waals surface area contributed by atoms with E-state index in [0.717, 1.165) is 39.1 Å². The molecule has 2 unspecified atom stereocenters. The van der Waals surface area contributed by atoms with Crippen molar-refractivity contribution in [2.24, 2.45) is 0 Å². The Bertz CT molecular complexity index is 287. The highest BCUT2D eigenvalue weighted by atomic mass is 16.5. The van der Waals surface area contributed by atoms with Crippen molar-refractivity contribution in [1.29, 1.82) is 0 Å². The first-order valence-corrected chi connectivity index (χ1v) is 7.03. The highest BCUT2D eigenvalue weighted by Crippen LogP contribution is 2.29. The molecular formula is C13H22N2O2. The minimum Gasteiger partial charge on any atom is -0.374 e. The van der Waals surface area contributed by atoms with Crippen LogP contribution in [0.2, 0.25) is 0 Å². The third-order valence-electron chi connectivity index (χ3n) is 4.35. The molecule has 0 N–H and O–H groups in total. The molecule has 1 aliphatic carbocycles. The van der Waals surface area contributed by atoms with Gasteiger partial charge in [-0.15, -0.1) is 0 Å². The van der Waals surface area contributed by atoms with Gasteiger partial charge in [0.2, 0.25) is 0 Å². The summed E-state index contributed by atoms with van der Waals surface area (Å²) in [5, 5.41) is 0. The van der Waals surface area contributed by atoms with Crippen LogP contribution < -0.4 is 0 Å². The Morgan fingerprint density at radius 1 is 1.00 bits per heavy atom. The Labute approximate surface area is 103 Å². The maximum absolute atomic E-state index is 12.5. The molecule has 2 amide bonds. The molecule has 2 heterocycles. The highest BCUT2D eigenvalue weighted by molar-refractivity contribution is 5.75. The summed E-state index contributed by atoms with van der Waals surface area (Å²) in [6.45, 7) is 3.42. The molecule has 0 bridgehead atoms. The molecule has 0 aromatic rings. The molecule has 2 atom stereocenters. The molecule has 3 fully saturated rings. The number of fused-ring (bicyclic) bond motifs is 1. The molecule has 17 heavy (non-hydrogen) atoms. The summed E-state index contributed by atoms with van der Waals surface area (Å²) in [6, 6.07) is 0.619. The third-order valence-corrected chi connectivity index (χ3v) is 4.35. The number of likely N-dealkylation sites (tertiary alicyclic amines) is 1. The molecule has 0 spiro atoms. The topological polar surface area (TPSA) is 32.8 Å². The number of morpholine rings is 1. The third kappa shape index (κ3) is 2.15. The number of carbonyl (C=O) groups excluding carboxylic acids is 1. The second kappa shape index (κ2) is 4.84. The van der Waals surface area contributed by atoms with E-state index >= 15 is 0 Å². The summed E-state index contributed by atoms with van der Waals surface area (Å²) in [6.07, 6.45) is 7.41. The Hall–Kier alpha value is -0.770. The number of urea groups is 1. The van der Waals surface area contributed by atoms with Gasteiger partial charge in [0, 0.05) is 19.6 Å². The number of hydrogen-bond donors (Lipinski definition) is 0. The highest BCUT2D eigenvalue weighted by Gasteiger charge is 2.38. The van der Waals surface area contributed by atoms with E-state index in [4.69, 9.17) is 4.74 Å². The van der Waals surface area contributed by atoms with Gasteiger partial charge < -0.3 is 14.5 Å². The summed E-state index contributed by atoms with van der Waals surface area (Å²) < 4.78 is 5.81. The summed E-state index contributed by atoms with van der Waals surface area (Å²) in [7, 11) is 0. The quantitative estimate of drug-likeness (QED) is 0.645. The van der Waals surface area contributed by atoms with Gasteiger partial charge in [0.25, 0.3) is 0 Å². The minimum absolute atomic E-state index is 0.266. The van der Waals surface area contributed by atoms with E-state index in [-0.39, 0.29) is 6.03 Å². The predicted octanol–water partition coefficient (Wildman–Crippen LogP) is 1.85. The van der Waals surface area contributed by atoms with Crippen molar-refractivity contribution in [3.05, 3.63) is 0 Å². The second-order valence-corrected chi connectivity index (χ2v) is 5.43. The van der Waals surface area contributed by atoms with Gasteiger partial charge in [-0.3, -0.25) is 0 Å². The normalized spacial score (nSPS) is 33.6. The Morgan fingerprint density at radius 3 is 2.59 bits per heavy atom. The molecule has 4 nitrogen and oxygen atoms in total. The molecule has 0 radical (unpaired) electrons. The lowest BCUT2D eigenvalue weighted by Crippen LogP contribution is -2.57. The van der Waals surface area contributed by atoms with Crippen LogP contribution in [-0.4, -0.2) is 54.2 Å². The average Bonchev–Trinajstić information content (AvgIpc) is 2.91. The first kappa shape index (κ1) is 11.3. The van der Waals surface area contributed by atoms with E-state index in [2.05, 4.69) is 4.90 Å². The number of ether oxygens (including phenoxy) is 1. The van der Waals surface area contributed by atoms with Crippen molar-refractivity contribution < 1.29 is 9.53 Å². The van der Waals surface area contributed by atoms with Gasteiger partial charge in [0.15, 0.2) is 0 Å². The van der Waals surface area contributed by atoms with Gasteiger partial charge in [-0.25, -0.2) is 4.79 Å². The molecule has 3 rings (SSSR count). The van der Waals surface area contributed by atoms with E-state index in [1.165, 1.54) is 25.7 Å². The van der Waals surface area contributed by atoms with E-state index in [1.807, 2.05) is 4.90 Å². The lowest BCUT2D eigenvalue weighted by atomic mass is 9.90. The zero-order valence-corrected chi connectivity index (χ0v) is 10.4. The van der Waals surface area contributed by atoms with Gasteiger partial charge in [0.1, 0.15) is 0 Å². The molecule has 0 aromatic carbocycles. The number of nitrogens with zero attached hydrogens (tertiary/aromatic N) is 2. The van der Waals surface area contributed by atoms with E-state index in [1.54, 1.807) is 0 Å². The van der Waals surface area contributed by atoms with Crippen LogP contribution in [0.25, 0.3) is 0 Å². The van der Waals surface area contributed by atoms with E-state index in [0.29, 0.717) is 12.1 Å². The Kier molecular flexibility index (Phi) is 3.23. The van der Waals surface area contributed by atoms with Crippen molar-refractivity contribution in [2.45, 2.75) is 50.7 Å². The van der Waals surface area contributed by atoms with Crippen molar-refractivity contribution in [1.82, 2.24) is 9.80 Å². The molecular weight excluding hydrogens is 216 g/mol. The van der Waals surface area contributed by atoms with Gasteiger partial charge in [-0.2, -0.15) is 0 Å². The van der Waals surface area contributed by atoms with Crippen LogP contribution in [0.15, 0.2) is 0 Å². The molecule has 3 aliphatic rings. The molecule has 2 saturated heterocycles. The van der Waals surface area contributed by atoms with Crippen molar-refractivity contribution in [2.75, 3.05) is 26.2 Å². The number of rotatable bonds is 0. The molecule has 0 aromatic heterocycles. The van der Waals surface area contributed by atoms with Crippen LogP contribution in [0.5, 0.6) is 0 Å². The van der Waals surface area contributed by atoms with Crippen LogP contribution in [0, 0.1) is 0 Å². The first-order chi connectivity index (χ1) is 8.36. The van der Waals surface area contributed by atoms with Gasteiger partial charge >= 0.3 is 6.03 Å². The number of amides is 2. The Morgan fingerprint density at radius 2 is 1.76 bits per heavy atom. The van der Waals surface area contributed by atoms with Crippen molar-refractivity contribution >= 4 is 6.03 Å². The molecule has 1 saturated carbocycles. The smallest absolute Gasteiger partial charge is 0.320 e. The summed E-state index contributed by atoms with van der Waals surface area (Å²) in [4.78, 5) is 16.6. The van der Waals surface area contributed by atoms with Crippen LogP contribution in [0.3, 0.4) is 0 Å². The second-order valence-electron chi connectivity index (χ2n) is 5.43. The van der Waals surface area contributed by atoms with E-state index in [9.17, 15) is 4.79 Å². The summed E-state index contributed by atoms with van der Waals surface area (Å²) in [5.74, 6) is 0. The fourth-order valence-corrected chi connectivity index (χ4v) is 3.42. The SMILES string of the molecule is O=C(N1CCCC1)N1CCOC2CCCCC21. The monoisotopic (exact) mass is 238 g/mol. The lowest BCUT2D eigenvalue weighted by molar-refractivity contribution is -0.0747. The van der Waals surface area contributed by atoms with Gasteiger partial charge in [0.05, 0.1) is 18.8 Å². The fourth-order valence-electron chi connectivity index (χ4n) is 3.42. The fraction of sp³-hybridized carbons (Fsp3) is 0.923. The van der Waals surface area contributed by atoms with E-state index < -0.39 is 0 Å². The zero-order chi connectivity index (χ0) is 11.7. The van der Waals surface area contributed by atoms with Gasteiger partial charge in [-0.05, 0) is 25.7 Å². The number of hydrogen-bond acceptors (Lipinski definition) is 2. The zero-order valence-electron chi connectivity index (χ0n) is 10.4. The summed E-state index contributed by atoms with van der Waals surface area (Å²) >= 11 is 0. The van der Waals surface area contributed by atoms with Crippen molar-refractivity contribution in [3.8, 4) is 0 Å². The first-order valence-electron chi connectivity index (χ1n) is 7.03. The van der Waals surface area contributed by atoms with Gasteiger partial charge in [-0.1, -0.05) is 12.8 Å². The largest absolute Gasteiger partial charge is 0.374 e. The van der Waals surface area contributed by atoms with Crippen LogP contribution >= 0.6 is 0 Å². The lowest BCUT2D eigenvalue weighted by Gasteiger charge is -2.44. The molecule has 96 valence electrons. The molecule has 4 heteroatoms.